The molecule has 2 N–H and O–H groups in total. The highest BCUT2D eigenvalue weighted by molar-refractivity contribution is 4.57. The molecule has 0 radical (unpaired) electrons. The molecule has 0 heterocycles. The molecule has 1 unspecified atom stereocenters. The second-order valence-corrected chi connectivity index (χ2v) is 7.26. The number of hydrogen-bond donors (Lipinski definition) is 2. The molecule has 0 spiro atoms. The maximum Gasteiger partial charge on any atom is 0.0540 e. The lowest BCUT2D eigenvalue weighted by atomic mass is 10.0. The molecular formula is C21H44O2. The van der Waals surface area contributed by atoms with E-state index in [9.17, 15) is 5.11 Å². The van der Waals surface area contributed by atoms with Crippen molar-refractivity contribution in [2.75, 3.05) is 6.61 Å². The predicted molar refractivity (Wildman–Crippen MR) is 102 cm³/mol. The largest absolute Gasteiger partial charge is 0.396 e. The van der Waals surface area contributed by atoms with E-state index in [1.54, 1.807) is 0 Å². The Hall–Kier alpha value is -0.0800. The van der Waals surface area contributed by atoms with Crippen LogP contribution in [0.15, 0.2) is 0 Å². The van der Waals surface area contributed by atoms with Crippen molar-refractivity contribution in [3.8, 4) is 0 Å². The standard InChI is InChI=1S/C21H44O2/c1-2-3-4-5-6-9-12-15-18-21(23)19-16-13-10-7-8-11-14-17-20-22/h21-23H,2-20H2,1H3. The summed E-state index contributed by atoms with van der Waals surface area (Å²) in [7, 11) is 0. The molecule has 0 aromatic carbocycles. The third kappa shape index (κ3) is 19.9. The van der Waals surface area contributed by atoms with Crippen molar-refractivity contribution in [1.29, 1.82) is 0 Å². The van der Waals surface area contributed by atoms with Gasteiger partial charge in [0, 0.05) is 6.61 Å². The summed E-state index contributed by atoms with van der Waals surface area (Å²) in [6.45, 7) is 2.61. The summed E-state index contributed by atoms with van der Waals surface area (Å²) in [4.78, 5) is 0. The molecule has 0 saturated carbocycles. The van der Waals surface area contributed by atoms with Gasteiger partial charge in [0.1, 0.15) is 0 Å². The molecule has 0 amide bonds. The zero-order chi connectivity index (χ0) is 17.0. The van der Waals surface area contributed by atoms with Crippen molar-refractivity contribution < 1.29 is 10.2 Å². The topological polar surface area (TPSA) is 40.5 Å². The lowest BCUT2D eigenvalue weighted by Gasteiger charge is -2.10. The number of hydrogen-bond acceptors (Lipinski definition) is 2. The van der Waals surface area contributed by atoms with Crippen molar-refractivity contribution in [3.05, 3.63) is 0 Å². The molecule has 0 aliphatic carbocycles. The van der Waals surface area contributed by atoms with Gasteiger partial charge in [-0.15, -0.1) is 0 Å². The first kappa shape index (κ1) is 22.9. The van der Waals surface area contributed by atoms with Crippen molar-refractivity contribution in [1.82, 2.24) is 0 Å². The van der Waals surface area contributed by atoms with Crippen LogP contribution in [-0.4, -0.2) is 22.9 Å². The number of unbranched alkanes of at least 4 members (excludes halogenated alkanes) is 14. The van der Waals surface area contributed by atoms with Crippen molar-refractivity contribution in [2.24, 2.45) is 0 Å². The lowest BCUT2D eigenvalue weighted by Crippen LogP contribution is -2.05. The molecule has 140 valence electrons. The Morgan fingerprint density at radius 2 is 0.870 bits per heavy atom. The summed E-state index contributed by atoms with van der Waals surface area (Å²) < 4.78 is 0. The van der Waals surface area contributed by atoms with Gasteiger partial charge in [0.2, 0.25) is 0 Å². The molecule has 0 aromatic heterocycles. The van der Waals surface area contributed by atoms with Crippen molar-refractivity contribution in [2.45, 2.75) is 129 Å². The SMILES string of the molecule is CCCCCCCCCCC(O)CCCCCCCCCCO. The first-order valence-electron chi connectivity index (χ1n) is 10.6. The molecule has 0 aliphatic rings. The molecule has 0 saturated heterocycles. The molecule has 2 nitrogen and oxygen atoms in total. The van der Waals surface area contributed by atoms with Crippen LogP contribution < -0.4 is 0 Å². The molecule has 2 heteroatoms. The van der Waals surface area contributed by atoms with E-state index in [1.807, 2.05) is 0 Å². The van der Waals surface area contributed by atoms with Gasteiger partial charge in [0.25, 0.3) is 0 Å². The van der Waals surface area contributed by atoms with Crippen LogP contribution in [0.25, 0.3) is 0 Å². The van der Waals surface area contributed by atoms with Gasteiger partial charge in [-0.1, -0.05) is 103 Å². The maximum atomic E-state index is 10.00. The molecule has 0 bridgehead atoms. The van der Waals surface area contributed by atoms with Gasteiger partial charge in [0.15, 0.2) is 0 Å². The average molecular weight is 329 g/mol. The Kier molecular flexibility index (Phi) is 19.9. The van der Waals surface area contributed by atoms with Gasteiger partial charge in [-0.05, 0) is 19.3 Å². The minimum atomic E-state index is -0.0559. The summed E-state index contributed by atoms with van der Waals surface area (Å²) >= 11 is 0. The van der Waals surface area contributed by atoms with Crippen molar-refractivity contribution in [3.63, 3.8) is 0 Å². The molecule has 1 atom stereocenters. The molecule has 0 rings (SSSR count). The Bertz CT molecular complexity index is 206. The van der Waals surface area contributed by atoms with Crippen LogP contribution in [0, 0.1) is 0 Å². The minimum absolute atomic E-state index is 0.0559. The fraction of sp³-hybridized carbons (Fsp3) is 1.00. The predicted octanol–water partition coefficient (Wildman–Crippen LogP) is 6.38. The Balaban J connectivity index is 3.11. The zero-order valence-corrected chi connectivity index (χ0v) is 15.9. The minimum Gasteiger partial charge on any atom is -0.396 e. The molecule has 0 aliphatic heterocycles. The average Bonchev–Trinajstić information content (AvgIpc) is 2.56. The zero-order valence-electron chi connectivity index (χ0n) is 15.9. The summed E-state index contributed by atoms with van der Waals surface area (Å²) in [5.74, 6) is 0. The van der Waals surface area contributed by atoms with Gasteiger partial charge >= 0.3 is 0 Å². The first-order chi connectivity index (χ1) is 11.3. The highest BCUT2D eigenvalue weighted by Crippen LogP contribution is 2.15. The van der Waals surface area contributed by atoms with E-state index in [0.717, 1.165) is 19.3 Å². The fourth-order valence-corrected chi connectivity index (χ4v) is 3.21. The Morgan fingerprint density at radius 1 is 0.522 bits per heavy atom. The number of rotatable bonds is 19. The summed E-state index contributed by atoms with van der Waals surface area (Å²) in [5.41, 5.74) is 0. The van der Waals surface area contributed by atoms with Gasteiger partial charge in [0.05, 0.1) is 6.10 Å². The fourth-order valence-electron chi connectivity index (χ4n) is 3.21. The van der Waals surface area contributed by atoms with E-state index in [0.29, 0.717) is 6.61 Å². The second kappa shape index (κ2) is 20.0. The van der Waals surface area contributed by atoms with Gasteiger partial charge in [-0.3, -0.25) is 0 Å². The number of aliphatic hydroxyl groups excluding tert-OH is 2. The maximum absolute atomic E-state index is 10.00. The molecule has 23 heavy (non-hydrogen) atoms. The lowest BCUT2D eigenvalue weighted by molar-refractivity contribution is 0.147. The first-order valence-corrected chi connectivity index (χ1v) is 10.6. The van der Waals surface area contributed by atoms with Crippen molar-refractivity contribution >= 4 is 0 Å². The Morgan fingerprint density at radius 3 is 1.26 bits per heavy atom. The van der Waals surface area contributed by atoms with Crippen LogP contribution in [-0.2, 0) is 0 Å². The van der Waals surface area contributed by atoms with Crippen LogP contribution in [0.4, 0.5) is 0 Å². The number of aliphatic hydroxyl groups is 2. The van der Waals surface area contributed by atoms with Gasteiger partial charge in [-0.2, -0.15) is 0 Å². The Labute approximate surface area is 146 Å². The van der Waals surface area contributed by atoms with E-state index in [-0.39, 0.29) is 6.10 Å². The van der Waals surface area contributed by atoms with Crippen LogP contribution in [0.2, 0.25) is 0 Å². The van der Waals surface area contributed by atoms with Gasteiger partial charge < -0.3 is 10.2 Å². The van der Waals surface area contributed by atoms with Gasteiger partial charge in [-0.25, -0.2) is 0 Å². The van der Waals surface area contributed by atoms with Crippen LogP contribution in [0.3, 0.4) is 0 Å². The monoisotopic (exact) mass is 328 g/mol. The summed E-state index contributed by atoms with van der Waals surface area (Å²) in [6.07, 6.45) is 22.5. The van der Waals surface area contributed by atoms with E-state index in [1.165, 1.54) is 96.3 Å². The third-order valence-electron chi connectivity index (χ3n) is 4.84. The molecule has 0 fully saturated rings. The van der Waals surface area contributed by atoms with Crippen LogP contribution >= 0.6 is 0 Å². The molecule has 0 aromatic rings. The summed E-state index contributed by atoms with van der Waals surface area (Å²) in [6, 6.07) is 0. The highest BCUT2D eigenvalue weighted by atomic mass is 16.3. The van der Waals surface area contributed by atoms with E-state index in [2.05, 4.69) is 6.92 Å². The summed E-state index contributed by atoms with van der Waals surface area (Å²) in [5, 5.41) is 18.7. The normalized spacial score (nSPS) is 12.7. The quantitative estimate of drug-likeness (QED) is 0.270. The van der Waals surface area contributed by atoms with Crippen LogP contribution in [0.5, 0.6) is 0 Å². The molecular weight excluding hydrogens is 284 g/mol. The third-order valence-corrected chi connectivity index (χ3v) is 4.84. The van der Waals surface area contributed by atoms with E-state index < -0.39 is 0 Å². The second-order valence-electron chi connectivity index (χ2n) is 7.26. The highest BCUT2D eigenvalue weighted by Gasteiger charge is 2.03. The van der Waals surface area contributed by atoms with E-state index in [4.69, 9.17) is 5.11 Å². The smallest absolute Gasteiger partial charge is 0.0540 e. The van der Waals surface area contributed by atoms with E-state index >= 15 is 0 Å². The van der Waals surface area contributed by atoms with Crippen LogP contribution in [0.1, 0.15) is 122 Å².